The fourth-order valence-corrected chi connectivity index (χ4v) is 6.99. The number of esters is 1. The SMILES string of the molecule is O=C(NCc1cccc(C(=O)NCCO)c1)C1=CC2OC3(Cc4ccccc4C3)OC2C(OC(=O)c2ccc(C=CCc3ccccc3O)cc2)C1. The molecular weight excluding hydrogens is 660 g/mol. The Morgan fingerprint density at radius 2 is 1.60 bits per heavy atom. The van der Waals surface area contributed by atoms with Gasteiger partial charge >= 0.3 is 5.97 Å². The zero-order valence-electron chi connectivity index (χ0n) is 28.5. The predicted octanol–water partition coefficient (Wildman–Crippen LogP) is 4.82. The topological polar surface area (TPSA) is 143 Å². The smallest absolute Gasteiger partial charge is 0.338 e. The fourth-order valence-electron chi connectivity index (χ4n) is 6.99. The molecule has 2 amide bonds. The summed E-state index contributed by atoms with van der Waals surface area (Å²) in [7, 11) is 0. The molecular formula is C42H40N2O8. The van der Waals surface area contributed by atoms with E-state index in [0.717, 1.165) is 27.8 Å². The van der Waals surface area contributed by atoms with Gasteiger partial charge < -0.3 is 35.1 Å². The molecule has 266 valence electrons. The first kappa shape index (κ1) is 34.9. The number of hydrogen-bond acceptors (Lipinski definition) is 8. The number of phenolic OH excluding ortho intramolecular Hbond substituents is 1. The number of rotatable bonds is 11. The van der Waals surface area contributed by atoms with Crippen LogP contribution in [0.2, 0.25) is 0 Å². The Balaban J connectivity index is 1.04. The average Bonchev–Trinajstić information content (AvgIpc) is 3.72. The number of carbonyl (C=O) groups is 3. The van der Waals surface area contributed by atoms with Crippen LogP contribution in [-0.2, 0) is 44.8 Å². The molecule has 0 saturated carbocycles. The summed E-state index contributed by atoms with van der Waals surface area (Å²) >= 11 is 0. The Labute approximate surface area is 301 Å². The summed E-state index contributed by atoms with van der Waals surface area (Å²) in [4.78, 5) is 39.5. The molecule has 3 aliphatic rings. The number of allylic oxidation sites excluding steroid dienone is 1. The lowest BCUT2D eigenvalue weighted by Gasteiger charge is -2.30. The van der Waals surface area contributed by atoms with Crippen LogP contribution in [0.5, 0.6) is 5.75 Å². The number of carbonyl (C=O) groups excluding carboxylic acids is 3. The Morgan fingerprint density at radius 1 is 0.846 bits per heavy atom. The Bertz CT molecular complexity index is 2000. The molecule has 1 saturated heterocycles. The summed E-state index contributed by atoms with van der Waals surface area (Å²) in [5, 5.41) is 24.6. The van der Waals surface area contributed by atoms with Crippen LogP contribution in [0.1, 0.15) is 55.0 Å². The molecule has 2 aliphatic carbocycles. The molecule has 1 spiro atoms. The number of ether oxygens (including phenoxy) is 3. The van der Waals surface area contributed by atoms with Crippen molar-refractivity contribution in [2.24, 2.45) is 0 Å². The Morgan fingerprint density at radius 3 is 2.35 bits per heavy atom. The van der Waals surface area contributed by atoms with Gasteiger partial charge in [-0.25, -0.2) is 4.79 Å². The quantitative estimate of drug-likeness (QED) is 0.163. The van der Waals surface area contributed by atoms with Gasteiger partial charge in [0.1, 0.15) is 24.1 Å². The van der Waals surface area contributed by atoms with Crippen molar-refractivity contribution in [1.29, 1.82) is 0 Å². The first-order valence-corrected chi connectivity index (χ1v) is 17.4. The van der Waals surface area contributed by atoms with Crippen molar-refractivity contribution in [2.75, 3.05) is 13.2 Å². The second kappa shape index (κ2) is 15.4. The molecule has 0 radical (unpaired) electrons. The molecule has 4 aromatic rings. The van der Waals surface area contributed by atoms with Gasteiger partial charge in [0.05, 0.1) is 12.2 Å². The lowest BCUT2D eigenvalue weighted by atomic mass is 9.91. The molecule has 1 heterocycles. The van der Waals surface area contributed by atoms with Gasteiger partial charge in [-0.05, 0) is 70.6 Å². The first-order valence-electron chi connectivity index (χ1n) is 17.4. The summed E-state index contributed by atoms with van der Waals surface area (Å²) in [6.45, 7) is 0.149. The van der Waals surface area contributed by atoms with E-state index in [1.54, 1.807) is 48.5 Å². The van der Waals surface area contributed by atoms with Gasteiger partial charge in [0.15, 0.2) is 5.79 Å². The molecule has 10 nitrogen and oxygen atoms in total. The number of nitrogens with one attached hydrogen (secondary N) is 2. The normalized spacial score (nSPS) is 19.9. The number of benzene rings is 4. The molecule has 52 heavy (non-hydrogen) atoms. The average molecular weight is 701 g/mol. The molecule has 4 N–H and O–H groups in total. The van der Waals surface area contributed by atoms with Gasteiger partial charge in [0.2, 0.25) is 5.91 Å². The van der Waals surface area contributed by atoms with E-state index in [9.17, 15) is 19.5 Å². The number of aliphatic hydroxyl groups is 1. The molecule has 7 rings (SSSR count). The summed E-state index contributed by atoms with van der Waals surface area (Å²) in [6, 6.07) is 29.2. The number of amides is 2. The number of para-hydroxylation sites is 1. The molecule has 3 atom stereocenters. The first-order chi connectivity index (χ1) is 25.3. The third kappa shape index (κ3) is 7.84. The molecule has 4 aromatic carbocycles. The second-order valence-corrected chi connectivity index (χ2v) is 13.3. The highest BCUT2D eigenvalue weighted by atomic mass is 16.8. The van der Waals surface area contributed by atoms with E-state index in [-0.39, 0.29) is 43.7 Å². The number of fused-ring (bicyclic) bond motifs is 2. The fraction of sp³-hybridized carbons (Fsp3) is 0.262. The van der Waals surface area contributed by atoms with E-state index in [1.807, 2.05) is 54.6 Å². The van der Waals surface area contributed by atoms with Gasteiger partial charge in [-0.15, -0.1) is 0 Å². The van der Waals surface area contributed by atoms with E-state index in [2.05, 4.69) is 22.8 Å². The van der Waals surface area contributed by atoms with Crippen molar-refractivity contribution in [1.82, 2.24) is 10.6 Å². The third-order valence-electron chi connectivity index (χ3n) is 9.59. The van der Waals surface area contributed by atoms with E-state index in [0.29, 0.717) is 36.0 Å². The van der Waals surface area contributed by atoms with Crippen LogP contribution < -0.4 is 10.6 Å². The van der Waals surface area contributed by atoms with Crippen molar-refractivity contribution >= 4 is 23.9 Å². The predicted molar refractivity (Wildman–Crippen MR) is 193 cm³/mol. The van der Waals surface area contributed by atoms with E-state index in [4.69, 9.17) is 19.3 Å². The largest absolute Gasteiger partial charge is 0.508 e. The highest BCUT2D eigenvalue weighted by molar-refractivity contribution is 5.95. The lowest BCUT2D eigenvalue weighted by molar-refractivity contribution is -0.172. The maximum atomic E-state index is 13.6. The minimum absolute atomic E-state index is 0.127. The Kier molecular flexibility index (Phi) is 10.3. The maximum absolute atomic E-state index is 13.6. The van der Waals surface area contributed by atoms with Crippen molar-refractivity contribution in [2.45, 2.75) is 56.3 Å². The van der Waals surface area contributed by atoms with Crippen molar-refractivity contribution in [3.63, 3.8) is 0 Å². The van der Waals surface area contributed by atoms with Gasteiger partial charge in [0, 0.05) is 43.5 Å². The third-order valence-corrected chi connectivity index (χ3v) is 9.59. The van der Waals surface area contributed by atoms with Gasteiger partial charge in [-0.2, -0.15) is 0 Å². The van der Waals surface area contributed by atoms with Crippen LogP contribution >= 0.6 is 0 Å². The van der Waals surface area contributed by atoms with Crippen molar-refractivity contribution < 1.29 is 38.8 Å². The number of phenols is 1. The van der Waals surface area contributed by atoms with Crippen LogP contribution in [-0.4, -0.2) is 65.2 Å². The summed E-state index contributed by atoms with van der Waals surface area (Å²) in [6.07, 6.45) is 5.42. The molecule has 10 heteroatoms. The molecule has 3 unspecified atom stereocenters. The zero-order valence-corrected chi connectivity index (χ0v) is 28.5. The van der Waals surface area contributed by atoms with E-state index >= 15 is 0 Å². The Hall–Kier alpha value is -5.55. The van der Waals surface area contributed by atoms with Crippen molar-refractivity contribution in [3.05, 3.63) is 154 Å². The molecule has 1 fully saturated rings. The monoisotopic (exact) mass is 700 g/mol. The lowest BCUT2D eigenvalue weighted by Crippen LogP contribution is -2.43. The number of hydrogen-bond donors (Lipinski definition) is 4. The molecule has 1 aliphatic heterocycles. The molecule has 0 aromatic heterocycles. The van der Waals surface area contributed by atoms with Gasteiger partial charge in [-0.1, -0.05) is 78.9 Å². The number of aromatic hydroxyl groups is 1. The maximum Gasteiger partial charge on any atom is 0.338 e. The van der Waals surface area contributed by atoms with Crippen LogP contribution in [0.25, 0.3) is 6.08 Å². The van der Waals surface area contributed by atoms with Crippen LogP contribution in [0.15, 0.2) is 115 Å². The second-order valence-electron chi connectivity index (χ2n) is 13.3. The standard InChI is InChI=1S/C42H40N2O8/c45-20-19-43-39(47)31-13-6-8-28(21-31)26-44-40(48)34-22-36(38-37(23-34)51-42(52-38)24-32-10-1-2-11-33(32)25-42)50-41(49)30-17-15-27(16-18-30)7-5-12-29-9-3-4-14-35(29)46/h1-11,13-18,21,23,36-38,45-46H,12,19-20,22,24-26H2,(H,43,47)(H,44,48). The minimum Gasteiger partial charge on any atom is -0.508 e. The summed E-state index contributed by atoms with van der Waals surface area (Å²) in [5.41, 5.74) is 5.90. The van der Waals surface area contributed by atoms with E-state index in [1.165, 1.54) is 0 Å². The summed E-state index contributed by atoms with van der Waals surface area (Å²) in [5.74, 6) is -1.87. The van der Waals surface area contributed by atoms with Crippen molar-refractivity contribution in [3.8, 4) is 5.75 Å². The molecule has 0 bridgehead atoms. The van der Waals surface area contributed by atoms with Crippen LogP contribution in [0.3, 0.4) is 0 Å². The zero-order chi connectivity index (χ0) is 36.1. The highest BCUT2D eigenvalue weighted by Crippen LogP contribution is 2.45. The van der Waals surface area contributed by atoms with Crippen LogP contribution in [0.4, 0.5) is 0 Å². The van der Waals surface area contributed by atoms with Gasteiger partial charge in [-0.3, -0.25) is 9.59 Å². The summed E-state index contributed by atoms with van der Waals surface area (Å²) < 4.78 is 19.3. The van der Waals surface area contributed by atoms with Crippen LogP contribution in [0, 0.1) is 0 Å². The number of aliphatic hydroxyl groups excluding tert-OH is 1. The van der Waals surface area contributed by atoms with Gasteiger partial charge in [0.25, 0.3) is 5.91 Å². The van der Waals surface area contributed by atoms with E-state index < -0.39 is 30.1 Å². The minimum atomic E-state index is -0.923. The highest BCUT2D eigenvalue weighted by Gasteiger charge is 2.55.